The predicted octanol–water partition coefficient (Wildman–Crippen LogP) is 4.01. The molecule has 1 unspecified atom stereocenters. The summed E-state index contributed by atoms with van der Waals surface area (Å²) in [5, 5.41) is 12.8. The smallest absolute Gasteiger partial charge is 0.241 e. The van der Waals surface area contributed by atoms with E-state index in [0.29, 0.717) is 21.3 Å². The van der Waals surface area contributed by atoms with E-state index in [1.807, 2.05) is 31.2 Å². The van der Waals surface area contributed by atoms with Gasteiger partial charge in [0.2, 0.25) is 5.91 Å². The van der Waals surface area contributed by atoms with Gasteiger partial charge in [0.25, 0.3) is 0 Å². The molecule has 1 heterocycles. The van der Waals surface area contributed by atoms with Crippen LogP contribution in [0, 0.1) is 11.3 Å². The summed E-state index contributed by atoms with van der Waals surface area (Å²) in [5.41, 5.74) is 2.40. The van der Waals surface area contributed by atoms with Crippen LogP contribution in [0.25, 0.3) is 0 Å². The molecule has 0 aromatic heterocycles. The second-order valence-electron chi connectivity index (χ2n) is 6.91. The van der Waals surface area contributed by atoms with Gasteiger partial charge in [-0.05, 0) is 42.8 Å². The van der Waals surface area contributed by atoms with Crippen LogP contribution in [0.15, 0.2) is 42.5 Å². The van der Waals surface area contributed by atoms with Crippen molar-refractivity contribution in [3.05, 3.63) is 63.6 Å². The average Bonchev–Trinajstić information content (AvgIpc) is 2.71. The van der Waals surface area contributed by atoms with Crippen LogP contribution in [0.1, 0.15) is 18.1 Å². The third-order valence-electron chi connectivity index (χ3n) is 5.01. The average molecular weight is 417 g/mol. The highest BCUT2D eigenvalue weighted by Crippen LogP contribution is 2.25. The molecule has 1 aliphatic rings. The van der Waals surface area contributed by atoms with Crippen LogP contribution in [-0.2, 0) is 11.3 Å². The van der Waals surface area contributed by atoms with Crippen molar-refractivity contribution in [3.63, 3.8) is 0 Å². The first kappa shape index (κ1) is 20.6. The quantitative estimate of drug-likeness (QED) is 0.799. The summed E-state index contributed by atoms with van der Waals surface area (Å²) < 4.78 is 0. The molecule has 1 saturated heterocycles. The molecule has 1 amide bonds. The molecule has 2 aromatic carbocycles. The van der Waals surface area contributed by atoms with E-state index in [0.717, 1.165) is 32.7 Å². The van der Waals surface area contributed by atoms with Crippen molar-refractivity contribution >= 4 is 34.8 Å². The molecular formula is C21H22Cl2N4O. The van der Waals surface area contributed by atoms with Crippen molar-refractivity contribution in [2.24, 2.45) is 0 Å². The number of carbonyl (C=O) groups excluding carboxylic acids is 1. The molecule has 0 spiro atoms. The molecule has 0 aliphatic carbocycles. The lowest BCUT2D eigenvalue weighted by Gasteiger charge is -2.37. The third kappa shape index (κ3) is 5.24. The molecule has 2 aromatic rings. The number of hydrogen-bond donors (Lipinski definition) is 1. The van der Waals surface area contributed by atoms with E-state index >= 15 is 0 Å². The number of rotatable bonds is 5. The second-order valence-corrected chi connectivity index (χ2v) is 7.75. The standard InChI is InChI=1S/C21H22Cl2N4O/c1-15(21(28)25-20-12-18(22)6-7-19(20)23)27-10-8-26(9-11-27)14-17-4-2-16(13-24)3-5-17/h2-7,12,15H,8-11,14H2,1H3,(H,25,28). The van der Waals surface area contributed by atoms with E-state index in [1.54, 1.807) is 18.2 Å². The Bertz CT molecular complexity index is 871. The Morgan fingerprint density at radius 3 is 2.46 bits per heavy atom. The molecule has 28 heavy (non-hydrogen) atoms. The van der Waals surface area contributed by atoms with Crippen LogP contribution in [0.3, 0.4) is 0 Å². The van der Waals surface area contributed by atoms with Gasteiger partial charge in [-0.3, -0.25) is 14.6 Å². The maximum Gasteiger partial charge on any atom is 0.241 e. The van der Waals surface area contributed by atoms with Crippen molar-refractivity contribution in [1.29, 1.82) is 5.26 Å². The first-order chi connectivity index (χ1) is 13.5. The van der Waals surface area contributed by atoms with E-state index in [1.165, 1.54) is 5.56 Å². The number of nitrogens with zero attached hydrogens (tertiary/aromatic N) is 3. The number of nitrogens with one attached hydrogen (secondary N) is 1. The largest absolute Gasteiger partial charge is 0.323 e. The van der Waals surface area contributed by atoms with Crippen molar-refractivity contribution in [3.8, 4) is 6.07 Å². The Labute approximate surface area is 175 Å². The van der Waals surface area contributed by atoms with E-state index in [-0.39, 0.29) is 11.9 Å². The Balaban J connectivity index is 1.51. The fourth-order valence-electron chi connectivity index (χ4n) is 3.25. The minimum absolute atomic E-state index is 0.0929. The summed E-state index contributed by atoms with van der Waals surface area (Å²) in [4.78, 5) is 17.1. The highest BCUT2D eigenvalue weighted by molar-refractivity contribution is 6.35. The van der Waals surface area contributed by atoms with E-state index in [9.17, 15) is 4.79 Å². The Kier molecular flexibility index (Phi) is 6.93. The number of halogens is 2. The van der Waals surface area contributed by atoms with Crippen molar-refractivity contribution in [1.82, 2.24) is 9.80 Å². The van der Waals surface area contributed by atoms with E-state index < -0.39 is 0 Å². The molecule has 1 atom stereocenters. The summed E-state index contributed by atoms with van der Waals surface area (Å²) in [5.74, 6) is -0.0929. The Morgan fingerprint density at radius 1 is 1.14 bits per heavy atom. The molecule has 1 aliphatic heterocycles. The minimum Gasteiger partial charge on any atom is -0.323 e. The summed E-state index contributed by atoms with van der Waals surface area (Å²) in [6.07, 6.45) is 0. The predicted molar refractivity (Wildman–Crippen MR) is 113 cm³/mol. The lowest BCUT2D eigenvalue weighted by Crippen LogP contribution is -2.52. The zero-order valence-electron chi connectivity index (χ0n) is 15.7. The van der Waals surface area contributed by atoms with Gasteiger partial charge in [-0.15, -0.1) is 0 Å². The van der Waals surface area contributed by atoms with Gasteiger partial charge in [-0.25, -0.2) is 0 Å². The van der Waals surface area contributed by atoms with Crippen molar-refractivity contribution < 1.29 is 4.79 Å². The monoisotopic (exact) mass is 416 g/mol. The van der Waals surface area contributed by atoms with Gasteiger partial charge in [0.15, 0.2) is 0 Å². The summed E-state index contributed by atoms with van der Waals surface area (Å²) in [6.45, 7) is 6.15. The van der Waals surface area contributed by atoms with Crippen molar-refractivity contribution in [2.75, 3.05) is 31.5 Å². The number of piperazine rings is 1. The number of nitriles is 1. The lowest BCUT2D eigenvalue weighted by atomic mass is 10.1. The number of hydrogen-bond acceptors (Lipinski definition) is 4. The maximum atomic E-state index is 12.6. The highest BCUT2D eigenvalue weighted by atomic mass is 35.5. The van der Waals surface area contributed by atoms with Gasteiger partial charge < -0.3 is 5.32 Å². The van der Waals surface area contributed by atoms with Gasteiger partial charge in [0.1, 0.15) is 0 Å². The normalized spacial score (nSPS) is 16.4. The fourth-order valence-corrected chi connectivity index (χ4v) is 3.58. The molecule has 0 bridgehead atoms. The minimum atomic E-state index is -0.257. The molecule has 146 valence electrons. The number of anilines is 1. The van der Waals surface area contributed by atoms with Gasteiger partial charge in [-0.2, -0.15) is 5.26 Å². The number of benzene rings is 2. The molecule has 5 nitrogen and oxygen atoms in total. The molecule has 1 fully saturated rings. The second kappa shape index (κ2) is 9.40. The lowest BCUT2D eigenvalue weighted by molar-refractivity contribution is -0.121. The van der Waals surface area contributed by atoms with Gasteiger partial charge in [0, 0.05) is 37.7 Å². The first-order valence-electron chi connectivity index (χ1n) is 9.17. The molecular weight excluding hydrogens is 395 g/mol. The topological polar surface area (TPSA) is 59.4 Å². The maximum absolute atomic E-state index is 12.6. The summed E-state index contributed by atoms with van der Waals surface area (Å²) >= 11 is 12.1. The number of amides is 1. The van der Waals surface area contributed by atoms with Crippen molar-refractivity contribution in [2.45, 2.75) is 19.5 Å². The van der Waals surface area contributed by atoms with Crippen LogP contribution in [0.2, 0.25) is 10.0 Å². The molecule has 7 heteroatoms. The molecule has 1 N–H and O–H groups in total. The molecule has 0 saturated carbocycles. The Morgan fingerprint density at radius 2 is 1.82 bits per heavy atom. The van der Waals surface area contributed by atoms with Crippen LogP contribution in [0.4, 0.5) is 5.69 Å². The van der Waals surface area contributed by atoms with Crippen LogP contribution < -0.4 is 5.32 Å². The van der Waals surface area contributed by atoms with Crippen LogP contribution in [0.5, 0.6) is 0 Å². The zero-order valence-corrected chi connectivity index (χ0v) is 17.2. The van der Waals surface area contributed by atoms with Gasteiger partial charge in [-0.1, -0.05) is 35.3 Å². The summed E-state index contributed by atoms with van der Waals surface area (Å²) in [7, 11) is 0. The first-order valence-corrected chi connectivity index (χ1v) is 9.93. The Hall–Kier alpha value is -2.10. The highest BCUT2D eigenvalue weighted by Gasteiger charge is 2.26. The van der Waals surface area contributed by atoms with Gasteiger partial charge in [0.05, 0.1) is 28.4 Å². The fraction of sp³-hybridized carbons (Fsp3) is 0.333. The zero-order chi connectivity index (χ0) is 20.1. The van der Waals surface area contributed by atoms with Gasteiger partial charge >= 0.3 is 0 Å². The molecule has 3 rings (SSSR count). The third-order valence-corrected chi connectivity index (χ3v) is 5.57. The molecule has 0 radical (unpaired) electrons. The summed E-state index contributed by atoms with van der Waals surface area (Å²) in [6, 6.07) is 14.6. The SMILES string of the molecule is CC(C(=O)Nc1cc(Cl)ccc1Cl)N1CCN(Cc2ccc(C#N)cc2)CC1. The number of carbonyl (C=O) groups is 1. The van der Waals surface area contributed by atoms with Crippen LogP contribution >= 0.6 is 23.2 Å². The van der Waals surface area contributed by atoms with Crippen LogP contribution in [-0.4, -0.2) is 47.9 Å². The van der Waals surface area contributed by atoms with E-state index in [2.05, 4.69) is 21.2 Å². The van der Waals surface area contributed by atoms with E-state index in [4.69, 9.17) is 28.5 Å².